The van der Waals surface area contributed by atoms with Crippen LogP contribution in [-0.2, 0) is 10.2 Å². The Balaban J connectivity index is 1.71. The summed E-state index contributed by atoms with van der Waals surface area (Å²) in [4.78, 5) is 13.1. The minimum Gasteiger partial charge on any atom is -0.324 e. The van der Waals surface area contributed by atoms with Gasteiger partial charge in [-0.2, -0.15) is 0 Å². The normalized spacial score (nSPS) is 17.4. The number of nitrogens with one attached hydrogen (secondary N) is 1. The van der Waals surface area contributed by atoms with Crippen molar-refractivity contribution in [3.8, 4) is 0 Å². The standard InChI is InChI=1S/C24H22ClNO/c1-16-7-5-9-18(13-16)24(19-10-6-8-17(2)14-19)15-20(24)23(27)26-22-12-4-3-11-21(22)25/h3-14,20H,15H2,1-2H3,(H,26,27)/t20-/m1/s1. The summed E-state index contributed by atoms with van der Waals surface area (Å²) in [7, 11) is 0. The molecule has 0 heterocycles. The Kier molecular flexibility index (Phi) is 4.53. The molecule has 0 bridgehead atoms. The number of halogens is 1. The molecule has 4 rings (SSSR count). The third-order valence-electron chi connectivity index (χ3n) is 5.48. The highest BCUT2D eigenvalue weighted by molar-refractivity contribution is 6.33. The van der Waals surface area contributed by atoms with E-state index >= 15 is 0 Å². The molecule has 1 atom stereocenters. The number of anilines is 1. The van der Waals surface area contributed by atoms with Crippen LogP contribution in [0.3, 0.4) is 0 Å². The van der Waals surface area contributed by atoms with Crippen LogP contribution < -0.4 is 5.32 Å². The average Bonchev–Trinajstić information content (AvgIpc) is 3.41. The van der Waals surface area contributed by atoms with Gasteiger partial charge in [-0.1, -0.05) is 83.4 Å². The summed E-state index contributed by atoms with van der Waals surface area (Å²) in [6.07, 6.45) is 0.802. The second kappa shape index (κ2) is 6.86. The van der Waals surface area contributed by atoms with E-state index in [-0.39, 0.29) is 17.2 Å². The number of carbonyl (C=O) groups is 1. The molecule has 3 aromatic rings. The van der Waals surface area contributed by atoms with Crippen LogP contribution in [0.4, 0.5) is 5.69 Å². The summed E-state index contributed by atoms with van der Waals surface area (Å²) >= 11 is 6.23. The van der Waals surface area contributed by atoms with Crippen molar-refractivity contribution in [2.24, 2.45) is 5.92 Å². The molecule has 1 fully saturated rings. The molecule has 27 heavy (non-hydrogen) atoms. The van der Waals surface area contributed by atoms with Crippen molar-refractivity contribution >= 4 is 23.2 Å². The van der Waals surface area contributed by atoms with E-state index in [1.807, 2.05) is 18.2 Å². The Hall–Kier alpha value is -2.58. The van der Waals surface area contributed by atoms with E-state index in [1.165, 1.54) is 22.3 Å². The van der Waals surface area contributed by atoms with Gasteiger partial charge >= 0.3 is 0 Å². The Morgan fingerprint density at radius 1 is 0.926 bits per heavy atom. The van der Waals surface area contributed by atoms with Crippen LogP contribution in [0.15, 0.2) is 72.8 Å². The van der Waals surface area contributed by atoms with E-state index in [4.69, 9.17) is 11.6 Å². The number of rotatable bonds is 4. The van der Waals surface area contributed by atoms with E-state index in [2.05, 4.69) is 67.7 Å². The first-order chi connectivity index (χ1) is 13.0. The quantitative estimate of drug-likeness (QED) is 0.604. The maximum absolute atomic E-state index is 13.1. The molecule has 0 radical (unpaired) electrons. The van der Waals surface area contributed by atoms with Crippen molar-refractivity contribution in [1.29, 1.82) is 0 Å². The predicted molar refractivity (Wildman–Crippen MR) is 111 cm³/mol. The lowest BCUT2D eigenvalue weighted by molar-refractivity contribution is -0.117. The third-order valence-corrected chi connectivity index (χ3v) is 5.81. The number of benzene rings is 3. The minimum absolute atomic E-state index is 0.0195. The molecule has 0 aliphatic heterocycles. The van der Waals surface area contributed by atoms with Gasteiger partial charge in [0.15, 0.2) is 0 Å². The Labute approximate surface area is 165 Å². The van der Waals surface area contributed by atoms with Crippen LogP contribution in [0.25, 0.3) is 0 Å². The highest BCUT2D eigenvalue weighted by atomic mass is 35.5. The Bertz CT molecular complexity index is 965. The number of para-hydroxylation sites is 1. The number of carbonyl (C=O) groups excluding carboxylic acids is 1. The summed E-state index contributed by atoms with van der Waals surface area (Å²) in [5.41, 5.74) is 5.20. The van der Waals surface area contributed by atoms with Gasteiger partial charge in [0.1, 0.15) is 0 Å². The first-order valence-corrected chi connectivity index (χ1v) is 9.58. The van der Waals surface area contributed by atoms with Crippen LogP contribution in [0, 0.1) is 19.8 Å². The molecule has 0 saturated heterocycles. The maximum Gasteiger partial charge on any atom is 0.228 e. The van der Waals surface area contributed by atoms with Crippen molar-refractivity contribution < 1.29 is 4.79 Å². The lowest BCUT2D eigenvalue weighted by atomic mass is 9.84. The maximum atomic E-state index is 13.1. The lowest BCUT2D eigenvalue weighted by Gasteiger charge is -2.20. The molecular weight excluding hydrogens is 354 g/mol. The molecule has 1 saturated carbocycles. The van der Waals surface area contributed by atoms with Gasteiger partial charge in [0.2, 0.25) is 5.91 Å². The zero-order valence-electron chi connectivity index (χ0n) is 15.5. The number of aryl methyl sites for hydroxylation is 2. The van der Waals surface area contributed by atoms with Crippen LogP contribution in [0.5, 0.6) is 0 Å². The van der Waals surface area contributed by atoms with Crippen LogP contribution in [0.2, 0.25) is 5.02 Å². The van der Waals surface area contributed by atoms with E-state index in [1.54, 1.807) is 6.07 Å². The molecule has 136 valence electrons. The second-order valence-corrected chi connectivity index (χ2v) is 7.84. The second-order valence-electron chi connectivity index (χ2n) is 7.44. The molecule has 0 aromatic heterocycles. The van der Waals surface area contributed by atoms with Gasteiger partial charge in [-0.05, 0) is 43.5 Å². The smallest absolute Gasteiger partial charge is 0.228 e. The summed E-state index contributed by atoms with van der Waals surface area (Å²) in [6, 6.07) is 24.4. The van der Waals surface area contributed by atoms with Crippen molar-refractivity contribution in [2.45, 2.75) is 25.7 Å². The first-order valence-electron chi connectivity index (χ1n) is 9.20. The molecule has 1 aliphatic rings. The van der Waals surface area contributed by atoms with E-state index in [0.29, 0.717) is 10.7 Å². The Morgan fingerprint density at radius 3 is 2.07 bits per heavy atom. The van der Waals surface area contributed by atoms with Crippen molar-refractivity contribution in [1.82, 2.24) is 0 Å². The fourth-order valence-corrected chi connectivity index (χ4v) is 4.19. The molecule has 3 heteroatoms. The molecule has 0 unspecified atom stereocenters. The van der Waals surface area contributed by atoms with E-state index in [9.17, 15) is 4.79 Å². The van der Waals surface area contributed by atoms with Gasteiger partial charge in [0.05, 0.1) is 16.6 Å². The minimum atomic E-state index is -0.274. The molecule has 1 aliphatic carbocycles. The largest absolute Gasteiger partial charge is 0.324 e. The summed E-state index contributed by atoms with van der Waals surface area (Å²) < 4.78 is 0. The monoisotopic (exact) mass is 375 g/mol. The summed E-state index contributed by atoms with van der Waals surface area (Å²) in [5.74, 6) is -0.0940. The Morgan fingerprint density at radius 2 is 1.52 bits per heavy atom. The van der Waals surface area contributed by atoms with E-state index in [0.717, 1.165) is 6.42 Å². The van der Waals surface area contributed by atoms with Gasteiger partial charge in [-0.25, -0.2) is 0 Å². The topological polar surface area (TPSA) is 29.1 Å². The fourth-order valence-electron chi connectivity index (χ4n) is 4.01. The van der Waals surface area contributed by atoms with Gasteiger partial charge in [-0.3, -0.25) is 4.79 Å². The zero-order valence-corrected chi connectivity index (χ0v) is 16.3. The number of hydrogen-bond acceptors (Lipinski definition) is 1. The predicted octanol–water partition coefficient (Wildman–Crippen LogP) is 5.90. The number of hydrogen-bond donors (Lipinski definition) is 1. The molecular formula is C24H22ClNO. The SMILES string of the molecule is Cc1cccc(C2(c3cccc(C)c3)C[C@@H]2C(=O)Nc2ccccc2Cl)c1. The summed E-state index contributed by atoms with van der Waals surface area (Å²) in [6.45, 7) is 4.18. The zero-order chi connectivity index (χ0) is 19.0. The first kappa shape index (κ1) is 17.8. The molecule has 1 amide bonds. The van der Waals surface area contributed by atoms with Crippen molar-refractivity contribution in [3.63, 3.8) is 0 Å². The number of amides is 1. The fraction of sp³-hybridized carbons (Fsp3) is 0.208. The third kappa shape index (κ3) is 3.26. The highest BCUT2D eigenvalue weighted by Crippen LogP contribution is 2.59. The van der Waals surface area contributed by atoms with Gasteiger partial charge in [0, 0.05) is 5.41 Å². The van der Waals surface area contributed by atoms with Crippen molar-refractivity contribution in [3.05, 3.63) is 100 Å². The van der Waals surface area contributed by atoms with Gasteiger partial charge in [0.25, 0.3) is 0 Å². The van der Waals surface area contributed by atoms with Crippen LogP contribution in [0.1, 0.15) is 28.7 Å². The molecule has 2 nitrogen and oxygen atoms in total. The van der Waals surface area contributed by atoms with Crippen LogP contribution >= 0.6 is 11.6 Å². The highest BCUT2D eigenvalue weighted by Gasteiger charge is 2.60. The van der Waals surface area contributed by atoms with Crippen molar-refractivity contribution in [2.75, 3.05) is 5.32 Å². The molecule has 3 aromatic carbocycles. The molecule has 0 spiro atoms. The van der Waals surface area contributed by atoms with Crippen LogP contribution in [-0.4, -0.2) is 5.91 Å². The lowest BCUT2D eigenvalue weighted by Crippen LogP contribution is -2.22. The average molecular weight is 376 g/mol. The summed E-state index contributed by atoms with van der Waals surface area (Å²) in [5, 5.41) is 3.58. The molecule has 1 N–H and O–H groups in total. The van der Waals surface area contributed by atoms with Gasteiger partial charge in [-0.15, -0.1) is 0 Å². The van der Waals surface area contributed by atoms with E-state index < -0.39 is 0 Å². The van der Waals surface area contributed by atoms with Gasteiger partial charge < -0.3 is 5.32 Å².